The molecule has 2 aromatic rings. The maximum absolute atomic E-state index is 13.2. The fourth-order valence-corrected chi connectivity index (χ4v) is 3.44. The zero-order valence-corrected chi connectivity index (χ0v) is 13.5. The minimum absolute atomic E-state index is 0.110. The smallest absolute Gasteiger partial charge is 0.253 e. The van der Waals surface area contributed by atoms with Crippen molar-refractivity contribution in [1.82, 2.24) is 10.3 Å². The van der Waals surface area contributed by atoms with Gasteiger partial charge in [-0.1, -0.05) is 25.0 Å². The normalized spacial score (nSPS) is 16.3. The zero-order valence-electron chi connectivity index (χ0n) is 13.5. The van der Waals surface area contributed by atoms with E-state index in [0.717, 1.165) is 42.6 Å². The van der Waals surface area contributed by atoms with Crippen molar-refractivity contribution in [2.24, 2.45) is 0 Å². The summed E-state index contributed by atoms with van der Waals surface area (Å²) in [5.41, 5.74) is 2.80. The number of pyridine rings is 1. The number of amides is 1. The van der Waals surface area contributed by atoms with Gasteiger partial charge < -0.3 is 5.32 Å². The lowest BCUT2D eigenvalue weighted by Gasteiger charge is -2.31. The summed E-state index contributed by atoms with van der Waals surface area (Å²) in [6, 6.07) is 10.1. The molecule has 1 aliphatic rings. The van der Waals surface area contributed by atoms with Gasteiger partial charge in [-0.2, -0.15) is 0 Å². The summed E-state index contributed by atoms with van der Waals surface area (Å²) in [7, 11) is 0. The summed E-state index contributed by atoms with van der Waals surface area (Å²) in [6.45, 7) is 3.76. The third kappa shape index (κ3) is 3.11. The number of halogens is 1. The highest BCUT2D eigenvalue weighted by atomic mass is 19.1. The van der Waals surface area contributed by atoms with E-state index < -0.39 is 5.54 Å². The first-order valence-electron chi connectivity index (χ1n) is 8.03. The van der Waals surface area contributed by atoms with Gasteiger partial charge in [-0.05, 0) is 56.5 Å². The van der Waals surface area contributed by atoms with Gasteiger partial charge in [0.15, 0.2) is 0 Å². The number of aryl methyl sites for hydroxylation is 2. The molecule has 1 aliphatic carbocycles. The minimum Gasteiger partial charge on any atom is -0.342 e. The molecule has 1 saturated carbocycles. The Morgan fingerprint density at radius 2 is 1.74 bits per heavy atom. The Balaban J connectivity index is 1.90. The van der Waals surface area contributed by atoms with Crippen LogP contribution in [0.25, 0.3) is 0 Å². The van der Waals surface area contributed by atoms with Gasteiger partial charge in [-0.15, -0.1) is 0 Å². The average Bonchev–Trinajstić information content (AvgIpc) is 2.97. The Morgan fingerprint density at radius 1 is 1.09 bits per heavy atom. The van der Waals surface area contributed by atoms with Crippen molar-refractivity contribution in [2.45, 2.75) is 45.1 Å². The predicted molar refractivity (Wildman–Crippen MR) is 87.7 cm³/mol. The van der Waals surface area contributed by atoms with Gasteiger partial charge in [0.2, 0.25) is 0 Å². The van der Waals surface area contributed by atoms with Crippen LogP contribution in [-0.4, -0.2) is 10.9 Å². The molecule has 0 unspecified atom stereocenters. The highest BCUT2D eigenvalue weighted by molar-refractivity contribution is 5.95. The molecule has 23 heavy (non-hydrogen) atoms. The Labute approximate surface area is 135 Å². The van der Waals surface area contributed by atoms with E-state index in [1.54, 1.807) is 12.1 Å². The van der Waals surface area contributed by atoms with Gasteiger partial charge in [0.25, 0.3) is 5.91 Å². The number of benzene rings is 1. The molecular formula is C19H21FN2O. The Hall–Kier alpha value is -2.23. The zero-order chi connectivity index (χ0) is 16.4. The lowest BCUT2D eigenvalue weighted by Crippen LogP contribution is -2.44. The minimum atomic E-state index is -0.401. The number of nitrogens with one attached hydrogen (secondary N) is 1. The van der Waals surface area contributed by atoms with Crippen LogP contribution in [0.4, 0.5) is 4.39 Å². The van der Waals surface area contributed by atoms with Crippen molar-refractivity contribution >= 4 is 5.91 Å². The van der Waals surface area contributed by atoms with E-state index in [2.05, 4.69) is 10.3 Å². The largest absolute Gasteiger partial charge is 0.342 e. The first-order valence-corrected chi connectivity index (χ1v) is 8.03. The van der Waals surface area contributed by atoms with Crippen molar-refractivity contribution in [3.05, 3.63) is 64.7 Å². The molecule has 0 atom stereocenters. The lowest BCUT2D eigenvalue weighted by atomic mass is 9.87. The number of rotatable bonds is 3. The number of carbonyl (C=O) groups is 1. The molecule has 1 N–H and O–H groups in total. The van der Waals surface area contributed by atoms with Gasteiger partial charge in [0, 0.05) is 5.69 Å². The number of hydrogen-bond donors (Lipinski definition) is 1. The van der Waals surface area contributed by atoms with Crippen LogP contribution in [0.1, 0.15) is 53.0 Å². The second kappa shape index (κ2) is 6.11. The third-order valence-corrected chi connectivity index (χ3v) is 4.68. The van der Waals surface area contributed by atoms with Crippen molar-refractivity contribution in [2.75, 3.05) is 0 Å². The van der Waals surface area contributed by atoms with E-state index in [1.165, 1.54) is 12.1 Å². The molecule has 1 aromatic heterocycles. The van der Waals surface area contributed by atoms with Crippen molar-refractivity contribution < 1.29 is 9.18 Å². The monoisotopic (exact) mass is 312 g/mol. The highest BCUT2D eigenvalue weighted by Crippen LogP contribution is 2.39. The van der Waals surface area contributed by atoms with Crippen LogP contribution >= 0.6 is 0 Å². The first kappa shape index (κ1) is 15.7. The second-order valence-electron chi connectivity index (χ2n) is 6.34. The van der Waals surface area contributed by atoms with Gasteiger partial charge in [0.05, 0.1) is 16.8 Å². The van der Waals surface area contributed by atoms with Gasteiger partial charge in [-0.3, -0.25) is 9.78 Å². The van der Waals surface area contributed by atoms with Crippen molar-refractivity contribution in [1.29, 1.82) is 0 Å². The molecule has 0 spiro atoms. The standard InChI is InChI=1S/C19H21FN2O/c1-13-5-10-17(14(2)21-13)18(23)22-19(11-3-4-12-19)15-6-8-16(20)9-7-15/h5-10H,3-4,11-12H2,1-2H3,(H,22,23). The molecule has 0 bridgehead atoms. The molecule has 4 heteroatoms. The maximum atomic E-state index is 13.2. The van der Waals surface area contributed by atoms with Crippen LogP contribution in [0.2, 0.25) is 0 Å². The molecule has 1 heterocycles. The SMILES string of the molecule is Cc1ccc(C(=O)NC2(c3ccc(F)cc3)CCCC2)c(C)n1. The number of aromatic nitrogens is 1. The molecule has 1 aromatic carbocycles. The predicted octanol–water partition coefficient (Wildman–Crippen LogP) is 4.04. The van der Waals surface area contributed by atoms with Crippen molar-refractivity contribution in [3.8, 4) is 0 Å². The topological polar surface area (TPSA) is 42.0 Å². The molecule has 1 amide bonds. The Kier molecular flexibility index (Phi) is 4.16. The van der Waals surface area contributed by atoms with Crippen LogP contribution < -0.4 is 5.32 Å². The molecule has 0 saturated heterocycles. The van der Waals surface area contributed by atoms with Crippen LogP contribution in [0.5, 0.6) is 0 Å². The third-order valence-electron chi connectivity index (χ3n) is 4.68. The Bertz CT molecular complexity index is 719. The molecule has 3 nitrogen and oxygen atoms in total. The molecule has 1 fully saturated rings. The number of nitrogens with zero attached hydrogens (tertiary/aromatic N) is 1. The van der Waals surface area contributed by atoms with Crippen LogP contribution in [-0.2, 0) is 5.54 Å². The van der Waals surface area contributed by atoms with Crippen LogP contribution in [0.3, 0.4) is 0 Å². The molecular weight excluding hydrogens is 291 g/mol. The fraction of sp³-hybridized carbons (Fsp3) is 0.368. The van der Waals surface area contributed by atoms with Gasteiger partial charge in [-0.25, -0.2) is 4.39 Å². The second-order valence-corrected chi connectivity index (χ2v) is 6.34. The van der Waals surface area contributed by atoms with E-state index in [9.17, 15) is 9.18 Å². The van der Waals surface area contributed by atoms with E-state index in [-0.39, 0.29) is 11.7 Å². The first-order chi connectivity index (χ1) is 11.0. The average molecular weight is 312 g/mol. The fourth-order valence-electron chi connectivity index (χ4n) is 3.44. The quantitative estimate of drug-likeness (QED) is 0.929. The summed E-state index contributed by atoms with van der Waals surface area (Å²) in [6.07, 6.45) is 3.87. The molecule has 3 rings (SSSR count). The summed E-state index contributed by atoms with van der Waals surface area (Å²) >= 11 is 0. The maximum Gasteiger partial charge on any atom is 0.253 e. The number of hydrogen-bond acceptors (Lipinski definition) is 2. The summed E-state index contributed by atoms with van der Waals surface area (Å²) in [4.78, 5) is 17.1. The van der Waals surface area contributed by atoms with E-state index in [0.29, 0.717) is 5.56 Å². The summed E-state index contributed by atoms with van der Waals surface area (Å²) in [5, 5.41) is 3.20. The van der Waals surface area contributed by atoms with Gasteiger partial charge >= 0.3 is 0 Å². The van der Waals surface area contributed by atoms with E-state index >= 15 is 0 Å². The summed E-state index contributed by atoms with van der Waals surface area (Å²) < 4.78 is 13.2. The Morgan fingerprint density at radius 3 is 2.35 bits per heavy atom. The molecule has 0 aliphatic heterocycles. The van der Waals surface area contributed by atoms with Gasteiger partial charge in [0.1, 0.15) is 5.82 Å². The van der Waals surface area contributed by atoms with Crippen LogP contribution in [0, 0.1) is 19.7 Å². The van der Waals surface area contributed by atoms with E-state index in [1.807, 2.05) is 26.0 Å². The molecule has 120 valence electrons. The molecule has 0 radical (unpaired) electrons. The van der Waals surface area contributed by atoms with Crippen molar-refractivity contribution in [3.63, 3.8) is 0 Å². The van der Waals surface area contributed by atoms with Crippen LogP contribution in [0.15, 0.2) is 36.4 Å². The van der Waals surface area contributed by atoms with E-state index in [4.69, 9.17) is 0 Å². The highest BCUT2D eigenvalue weighted by Gasteiger charge is 2.37. The number of carbonyl (C=O) groups excluding carboxylic acids is 1. The lowest BCUT2D eigenvalue weighted by molar-refractivity contribution is 0.0897. The summed E-state index contributed by atoms with van der Waals surface area (Å²) in [5.74, 6) is -0.368.